The summed E-state index contributed by atoms with van der Waals surface area (Å²) in [5.41, 5.74) is 3.83. The third-order valence-corrected chi connectivity index (χ3v) is 4.82. The van der Waals surface area contributed by atoms with E-state index in [0.717, 1.165) is 16.7 Å². The number of Topliss-reactive ketones (excluding diaryl/α,β-unsaturated/α-hetero) is 1. The van der Waals surface area contributed by atoms with Crippen molar-refractivity contribution in [2.75, 3.05) is 6.61 Å². The normalized spacial score (nSPS) is 10.9. The van der Waals surface area contributed by atoms with E-state index in [9.17, 15) is 9.59 Å². The van der Waals surface area contributed by atoms with Crippen LogP contribution in [0.4, 0.5) is 0 Å². The van der Waals surface area contributed by atoms with Gasteiger partial charge in [0.2, 0.25) is 0 Å². The lowest BCUT2D eigenvalue weighted by Gasteiger charge is -2.26. The highest BCUT2D eigenvalue weighted by Crippen LogP contribution is 2.32. The van der Waals surface area contributed by atoms with E-state index in [1.165, 1.54) is 0 Å². The number of benzene rings is 2. The smallest absolute Gasteiger partial charge is 0.333 e. The third kappa shape index (κ3) is 5.92. The molecule has 2 rings (SSSR count). The van der Waals surface area contributed by atoms with E-state index in [0.29, 0.717) is 16.9 Å². The topological polar surface area (TPSA) is 52.6 Å². The second-order valence-electron chi connectivity index (χ2n) is 7.69. The monoisotopic (exact) mass is 392 g/mol. The summed E-state index contributed by atoms with van der Waals surface area (Å²) >= 11 is 0. The number of esters is 1. The Morgan fingerprint density at radius 3 is 1.86 bits per heavy atom. The Morgan fingerprint density at radius 1 is 0.862 bits per heavy atom. The van der Waals surface area contributed by atoms with E-state index in [-0.39, 0.29) is 30.4 Å². The van der Waals surface area contributed by atoms with Crippen LogP contribution in [0.15, 0.2) is 72.8 Å². The molecule has 4 nitrogen and oxygen atoms in total. The minimum absolute atomic E-state index is 0.00448. The first kappa shape index (κ1) is 22.2. The fourth-order valence-electron chi connectivity index (χ4n) is 2.70. The van der Waals surface area contributed by atoms with Crippen LogP contribution < -0.4 is 4.74 Å². The molecule has 0 aliphatic rings. The standard InChI is InChI=1S/C25H28O4/c1-17(2)23(26)16-28-22-13-11-21(12-14-22)25(5,6)20-9-7-19(8-10-20)15-29-24(27)18(3)4/h7-14H,1,3,15-16H2,2,4-6H3. The highest BCUT2D eigenvalue weighted by atomic mass is 16.5. The summed E-state index contributed by atoms with van der Waals surface area (Å²) < 4.78 is 10.7. The molecule has 2 aromatic carbocycles. The Kier molecular flexibility index (Phi) is 7.16. The molecule has 0 atom stereocenters. The van der Waals surface area contributed by atoms with Gasteiger partial charge in [-0.3, -0.25) is 4.79 Å². The van der Waals surface area contributed by atoms with Gasteiger partial charge in [-0.15, -0.1) is 0 Å². The Bertz CT molecular complexity index is 827. The zero-order chi connectivity index (χ0) is 21.6. The van der Waals surface area contributed by atoms with Crippen molar-refractivity contribution in [1.82, 2.24) is 0 Å². The molecular formula is C25H28O4. The van der Waals surface area contributed by atoms with Crippen LogP contribution in [0.3, 0.4) is 0 Å². The number of hydrogen-bond acceptors (Lipinski definition) is 4. The zero-order valence-electron chi connectivity index (χ0n) is 17.6. The maximum absolute atomic E-state index is 11.6. The van der Waals surface area contributed by atoms with Crippen LogP contribution in [-0.2, 0) is 26.3 Å². The van der Waals surface area contributed by atoms with Gasteiger partial charge in [0.15, 0.2) is 12.4 Å². The maximum atomic E-state index is 11.6. The molecule has 0 aliphatic carbocycles. The number of ketones is 1. The summed E-state index contributed by atoms with van der Waals surface area (Å²) in [6.07, 6.45) is 0. The van der Waals surface area contributed by atoms with Gasteiger partial charge in [0, 0.05) is 11.0 Å². The first-order valence-electron chi connectivity index (χ1n) is 9.45. The fourth-order valence-corrected chi connectivity index (χ4v) is 2.70. The van der Waals surface area contributed by atoms with Crippen LogP contribution in [0, 0.1) is 0 Å². The summed E-state index contributed by atoms with van der Waals surface area (Å²) in [4.78, 5) is 23.1. The predicted molar refractivity (Wildman–Crippen MR) is 115 cm³/mol. The van der Waals surface area contributed by atoms with Crippen LogP contribution in [-0.4, -0.2) is 18.4 Å². The number of hydrogen-bond donors (Lipinski definition) is 0. The lowest BCUT2D eigenvalue weighted by Crippen LogP contribution is -2.19. The summed E-state index contributed by atoms with van der Waals surface area (Å²) in [7, 11) is 0. The molecule has 2 aromatic rings. The lowest BCUT2D eigenvalue weighted by molar-refractivity contribution is -0.140. The molecule has 0 N–H and O–H groups in total. The molecule has 0 saturated heterocycles. The van der Waals surface area contributed by atoms with Crippen molar-refractivity contribution in [3.8, 4) is 5.75 Å². The molecule has 0 fully saturated rings. The molecule has 0 amide bonds. The highest BCUT2D eigenvalue weighted by molar-refractivity contribution is 5.95. The molecule has 152 valence electrons. The first-order chi connectivity index (χ1) is 13.6. The maximum Gasteiger partial charge on any atom is 0.333 e. The van der Waals surface area contributed by atoms with Crippen molar-refractivity contribution in [3.63, 3.8) is 0 Å². The predicted octanol–water partition coefficient (Wildman–Crippen LogP) is 5.16. The average Bonchev–Trinajstić information content (AvgIpc) is 2.70. The van der Waals surface area contributed by atoms with Gasteiger partial charge in [0.25, 0.3) is 0 Å². The second-order valence-corrected chi connectivity index (χ2v) is 7.69. The molecule has 0 unspecified atom stereocenters. The summed E-state index contributed by atoms with van der Waals surface area (Å²) in [5.74, 6) is 0.152. The van der Waals surface area contributed by atoms with E-state index in [2.05, 4.69) is 27.0 Å². The first-order valence-corrected chi connectivity index (χ1v) is 9.45. The van der Waals surface area contributed by atoms with Crippen molar-refractivity contribution < 1.29 is 19.1 Å². The molecule has 0 aliphatic heterocycles. The molecule has 0 radical (unpaired) electrons. The second kappa shape index (κ2) is 9.37. The van der Waals surface area contributed by atoms with E-state index >= 15 is 0 Å². The highest BCUT2D eigenvalue weighted by Gasteiger charge is 2.23. The van der Waals surface area contributed by atoms with Gasteiger partial charge >= 0.3 is 5.97 Å². The minimum atomic E-state index is -0.387. The number of rotatable bonds is 9. The molecule has 0 heterocycles. The van der Waals surface area contributed by atoms with Crippen molar-refractivity contribution in [2.24, 2.45) is 0 Å². The fraction of sp³-hybridized carbons (Fsp3) is 0.280. The Labute approximate surface area is 172 Å². The molecule has 0 spiro atoms. The lowest BCUT2D eigenvalue weighted by atomic mass is 9.78. The van der Waals surface area contributed by atoms with Gasteiger partial charge in [-0.25, -0.2) is 4.79 Å². The number of carbonyl (C=O) groups excluding carboxylic acids is 2. The molecule has 4 heteroatoms. The molecule has 29 heavy (non-hydrogen) atoms. The molecule has 0 saturated carbocycles. The Balaban J connectivity index is 2.05. The Hall–Kier alpha value is -3.14. The van der Waals surface area contributed by atoms with Gasteiger partial charge in [-0.2, -0.15) is 0 Å². The molecule has 0 bridgehead atoms. The SMILES string of the molecule is C=C(C)C(=O)COc1ccc(C(C)(C)c2ccc(COC(=O)C(=C)C)cc2)cc1. The minimum Gasteiger partial charge on any atom is -0.485 e. The van der Waals surface area contributed by atoms with Gasteiger partial charge in [0.05, 0.1) is 0 Å². The molecule has 0 aromatic heterocycles. The van der Waals surface area contributed by atoms with Gasteiger partial charge in [-0.1, -0.05) is 63.4 Å². The van der Waals surface area contributed by atoms with Crippen molar-refractivity contribution in [3.05, 3.63) is 89.5 Å². The largest absolute Gasteiger partial charge is 0.485 e. The van der Waals surface area contributed by atoms with Gasteiger partial charge < -0.3 is 9.47 Å². The van der Waals surface area contributed by atoms with Crippen LogP contribution >= 0.6 is 0 Å². The van der Waals surface area contributed by atoms with E-state index in [1.807, 2.05) is 48.5 Å². The summed E-state index contributed by atoms with van der Waals surface area (Å²) in [6, 6.07) is 15.8. The number of carbonyl (C=O) groups is 2. The average molecular weight is 392 g/mol. The zero-order valence-corrected chi connectivity index (χ0v) is 17.6. The van der Waals surface area contributed by atoms with E-state index < -0.39 is 0 Å². The summed E-state index contributed by atoms with van der Waals surface area (Å²) in [6.45, 7) is 15.0. The van der Waals surface area contributed by atoms with Crippen molar-refractivity contribution >= 4 is 11.8 Å². The quantitative estimate of drug-likeness (QED) is 0.437. The number of ether oxygens (including phenoxy) is 2. The van der Waals surface area contributed by atoms with Crippen LogP contribution in [0.1, 0.15) is 44.4 Å². The van der Waals surface area contributed by atoms with Crippen LogP contribution in [0.2, 0.25) is 0 Å². The van der Waals surface area contributed by atoms with E-state index in [4.69, 9.17) is 9.47 Å². The van der Waals surface area contributed by atoms with Crippen LogP contribution in [0.25, 0.3) is 0 Å². The van der Waals surface area contributed by atoms with Crippen molar-refractivity contribution in [1.29, 1.82) is 0 Å². The Morgan fingerprint density at radius 2 is 1.38 bits per heavy atom. The van der Waals surface area contributed by atoms with E-state index in [1.54, 1.807) is 13.8 Å². The van der Waals surface area contributed by atoms with Crippen molar-refractivity contribution in [2.45, 2.75) is 39.7 Å². The van der Waals surface area contributed by atoms with Gasteiger partial charge in [-0.05, 0) is 48.2 Å². The summed E-state index contributed by atoms with van der Waals surface area (Å²) in [5, 5.41) is 0. The molecular weight excluding hydrogens is 364 g/mol. The van der Waals surface area contributed by atoms with Gasteiger partial charge in [0.1, 0.15) is 12.4 Å². The third-order valence-electron chi connectivity index (χ3n) is 4.82. The van der Waals surface area contributed by atoms with Crippen LogP contribution in [0.5, 0.6) is 5.75 Å².